The number of ether oxygens (including phenoxy) is 4. The molecule has 0 spiro atoms. The van der Waals surface area contributed by atoms with E-state index >= 15 is 0 Å². The summed E-state index contributed by atoms with van der Waals surface area (Å²) in [4.78, 5) is 74.7. The quantitative estimate of drug-likeness (QED) is 0.172. The molecule has 0 aliphatic carbocycles. The molecule has 2 rings (SSSR count). The molecule has 1 N–H and O–H groups in total. The molecule has 2 aliphatic rings. The molecule has 0 bridgehead atoms. The van der Waals surface area contributed by atoms with Crippen molar-refractivity contribution in [2.24, 2.45) is 0 Å². The number of carbonyl (C=O) groups is 6. The molecule has 0 aromatic heterocycles. The maximum absolute atomic E-state index is 12.9. The zero-order valence-corrected chi connectivity index (χ0v) is 27.7. The van der Waals surface area contributed by atoms with Crippen LogP contribution in [0.1, 0.15) is 93.4 Å². The summed E-state index contributed by atoms with van der Waals surface area (Å²) < 4.78 is 20.1. The molecule has 5 atom stereocenters. The topological polar surface area (TPSA) is 158 Å². The van der Waals surface area contributed by atoms with E-state index in [1.165, 1.54) is 24.0 Å². The number of hydrogen-bond acceptors (Lipinski definition) is 10. The van der Waals surface area contributed by atoms with Crippen LogP contribution in [0, 0.1) is 0 Å². The van der Waals surface area contributed by atoms with Gasteiger partial charge in [-0.15, -0.1) is 6.58 Å². The summed E-state index contributed by atoms with van der Waals surface area (Å²) in [6.45, 7) is 16.0. The van der Waals surface area contributed by atoms with E-state index in [1.54, 1.807) is 54.5 Å². The summed E-state index contributed by atoms with van der Waals surface area (Å²) in [7, 11) is 2.59. The first-order valence-electron chi connectivity index (χ1n) is 15.0. The number of carbonyl (C=O) groups excluding carboxylic acids is 6. The van der Waals surface area contributed by atoms with Gasteiger partial charge in [-0.1, -0.05) is 13.0 Å². The average Bonchev–Trinajstić information content (AvgIpc) is 3.54. The Kier molecular flexibility index (Phi) is 14.8. The highest BCUT2D eigenvalue weighted by molar-refractivity contribution is 5.90. The SMILES string of the molecule is C=CCC1CC[C@H](C(=O)OC)N1C(=O)OC(C)(C)C.CC[C@H](NC(=O)OC(C)(C)C)C(=O)N1C(CC=O)CC[C@H]1C(=O)OC. The molecule has 0 radical (unpaired) electrons. The van der Waals surface area contributed by atoms with E-state index in [1.807, 2.05) is 0 Å². The summed E-state index contributed by atoms with van der Waals surface area (Å²) in [6.07, 6.45) is 4.75. The van der Waals surface area contributed by atoms with Crippen LogP contribution < -0.4 is 5.32 Å². The van der Waals surface area contributed by atoms with E-state index in [4.69, 9.17) is 18.9 Å². The van der Waals surface area contributed by atoms with E-state index in [-0.39, 0.29) is 18.5 Å². The van der Waals surface area contributed by atoms with Crippen molar-refractivity contribution in [2.75, 3.05) is 14.2 Å². The maximum Gasteiger partial charge on any atom is 0.411 e. The van der Waals surface area contributed by atoms with Crippen LogP contribution in [0.3, 0.4) is 0 Å². The van der Waals surface area contributed by atoms with Crippen LogP contribution in [0.5, 0.6) is 0 Å². The van der Waals surface area contributed by atoms with Crippen LogP contribution in [-0.4, -0.2) is 102 Å². The number of rotatable bonds is 9. The maximum atomic E-state index is 12.9. The highest BCUT2D eigenvalue weighted by Gasteiger charge is 2.44. The number of nitrogens with zero attached hydrogens (tertiary/aromatic N) is 2. The largest absolute Gasteiger partial charge is 0.467 e. The van der Waals surface area contributed by atoms with Gasteiger partial charge in [0.05, 0.1) is 14.2 Å². The minimum absolute atomic E-state index is 0.0450. The fraction of sp³-hybridized carbons (Fsp3) is 0.742. The van der Waals surface area contributed by atoms with Gasteiger partial charge in [0.1, 0.15) is 35.6 Å². The molecular weight excluding hydrogens is 574 g/mol. The first kappa shape index (κ1) is 38.4. The van der Waals surface area contributed by atoms with E-state index in [0.717, 1.165) is 12.7 Å². The molecular formula is C31H51N3O10. The second-order valence-electron chi connectivity index (χ2n) is 12.7. The highest BCUT2D eigenvalue weighted by atomic mass is 16.6. The van der Waals surface area contributed by atoms with Gasteiger partial charge in [0.15, 0.2) is 0 Å². The van der Waals surface area contributed by atoms with E-state index in [0.29, 0.717) is 32.1 Å². The molecule has 0 aromatic rings. The zero-order valence-electron chi connectivity index (χ0n) is 27.7. The van der Waals surface area contributed by atoms with Gasteiger partial charge in [-0.25, -0.2) is 19.2 Å². The number of alkyl carbamates (subject to hydrolysis) is 1. The van der Waals surface area contributed by atoms with Crippen molar-refractivity contribution in [1.82, 2.24) is 15.1 Å². The van der Waals surface area contributed by atoms with Gasteiger partial charge in [-0.05, 0) is 80.1 Å². The molecule has 2 heterocycles. The summed E-state index contributed by atoms with van der Waals surface area (Å²) in [5.41, 5.74) is -1.27. The predicted octanol–water partition coefficient (Wildman–Crippen LogP) is 3.91. The normalized spacial score (nSPS) is 22.1. The molecule has 250 valence electrons. The number of amides is 3. The molecule has 2 unspecified atom stereocenters. The van der Waals surface area contributed by atoms with Crippen molar-refractivity contribution in [3.05, 3.63) is 12.7 Å². The first-order chi connectivity index (χ1) is 20.4. The summed E-state index contributed by atoms with van der Waals surface area (Å²) in [6, 6.07) is -2.55. The Morgan fingerprint density at radius 3 is 1.70 bits per heavy atom. The van der Waals surface area contributed by atoms with Crippen LogP contribution in [0.2, 0.25) is 0 Å². The minimum atomic E-state index is -0.839. The van der Waals surface area contributed by atoms with E-state index in [2.05, 4.69) is 11.9 Å². The first-order valence-corrected chi connectivity index (χ1v) is 15.0. The molecule has 3 amide bonds. The van der Waals surface area contributed by atoms with Gasteiger partial charge in [-0.3, -0.25) is 9.69 Å². The number of esters is 2. The van der Waals surface area contributed by atoms with Gasteiger partial charge >= 0.3 is 24.1 Å². The number of nitrogens with one attached hydrogen (secondary N) is 1. The Bertz CT molecular complexity index is 1030. The van der Waals surface area contributed by atoms with Crippen molar-refractivity contribution in [2.45, 2.75) is 135 Å². The average molecular weight is 626 g/mol. The van der Waals surface area contributed by atoms with Gasteiger partial charge in [0.2, 0.25) is 5.91 Å². The van der Waals surface area contributed by atoms with E-state index in [9.17, 15) is 28.8 Å². The van der Waals surface area contributed by atoms with Crippen molar-refractivity contribution in [3.8, 4) is 0 Å². The fourth-order valence-corrected chi connectivity index (χ4v) is 5.16. The molecule has 0 aromatic carbocycles. The Morgan fingerprint density at radius 1 is 0.818 bits per heavy atom. The van der Waals surface area contributed by atoms with Gasteiger partial charge < -0.3 is 34.0 Å². The smallest absolute Gasteiger partial charge is 0.411 e. The zero-order chi connectivity index (χ0) is 33.8. The Labute approximate surface area is 260 Å². The van der Waals surface area contributed by atoms with Gasteiger partial charge in [0, 0.05) is 18.5 Å². The molecule has 2 fully saturated rings. The van der Waals surface area contributed by atoms with Gasteiger partial charge in [-0.2, -0.15) is 0 Å². The van der Waals surface area contributed by atoms with Crippen LogP contribution >= 0.6 is 0 Å². The van der Waals surface area contributed by atoms with Crippen molar-refractivity contribution < 1.29 is 47.7 Å². The standard InChI is InChI=1S/C17H28N2O6.C14H23NO4/c1-6-12(18-16(23)25-17(2,3)4)14(21)19-11(9-10-20)7-8-13(19)15(22)24-5;1-6-7-10-8-9-11(12(16)18-5)15(10)13(17)19-14(2,3)4/h10-13H,6-9H2,1-5H3,(H,18,23);6,10-11H,1,7-9H2,2-5H3/t11?,12-,13-;10?,11-/m01/s1. The summed E-state index contributed by atoms with van der Waals surface area (Å²) >= 11 is 0. The molecule has 13 nitrogen and oxygen atoms in total. The minimum Gasteiger partial charge on any atom is -0.467 e. The molecule has 2 saturated heterocycles. The number of methoxy groups -OCH3 is 2. The summed E-state index contributed by atoms with van der Waals surface area (Å²) in [5, 5.41) is 2.55. The predicted molar refractivity (Wildman–Crippen MR) is 162 cm³/mol. The Balaban J connectivity index is 0.000000457. The van der Waals surface area contributed by atoms with Crippen molar-refractivity contribution >= 4 is 36.3 Å². The summed E-state index contributed by atoms with van der Waals surface area (Å²) in [5.74, 6) is -1.32. The number of hydrogen-bond donors (Lipinski definition) is 1. The van der Waals surface area contributed by atoms with Crippen molar-refractivity contribution in [3.63, 3.8) is 0 Å². The lowest BCUT2D eigenvalue weighted by atomic mass is 10.1. The fourth-order valence-electron chi connectivity index (χ4n) is 5.16. The third-order valence-corrected chi connectivity index (χ3v) is 7.01. The lowest BCUT2D eigenvalue weighted by Gasteiger charge is -2.32. The number of aldehydes is 1. The third-order valence-electron chi connectivity index (χ3n) is 7.01. The van der Waals surface area contributed by atoms with Crippen LogP contribution in [0.15, 0.2) is 12.7 Å². The Morgan fingerprint density at radius 2 is 1.30 bits per heavy atom. The second kappa shape index (κ2) is 17.0. The lowest BCUT2D eigenvalue weighted by Crippen LogP contribution is -2.54. The van der Waals surface area contributed by atoms with Crippen LogP contribution in [0.4, 0.5) is 9.59 Å². The second-order valence-corrected chi connectivity index (χ2v) is 12.7. The van der Waals surface area contributed by atoms with Crippen molar-refractivity contribution in [1.29, 1.82) is 0 Å². The Hall–Kier alpha value is -3.64. The van der Waals surface area contributed by atoms with Gasteiger partial charge in [0.25, 0.3) is 0 Å². The molecule has 13 heteroatoms. The highest BCUT2D eigenvalue weighted by Crippen LogP contribution is 2.30. The number of likely N-dealkylation sites (tertiary alicyclic amines) is 2. The third kappa shape index (κ3) is 11.5. The molecule has 0 saturated carbocycles. The molecule has 2 aliphatic heterocycles. The lowest BCUT2D eigenvalue weighted by molar-refractivity contribution is -0.153. The van der Waals surface area contributed by atoms with Crippen LogP contribution in [-0.2, 0) is 38.1 Å². The van der Waals surface area contributed by atoms with Crippen LogP contribution in [0.25, 0.3) is 0 Å². The van der Waals surface area contributed by atoms with E-state index < -0.39 is 59.4 Å². The monoisotopic (exact) mass is 625 g/mol. The molecule has 44 heavy (non-hydrogen) atoms.